The van der Waals surface area contributed by atoms with Gasteiger partial charge in [0.05, 0.1) is 5.69 Å². The van der Waals surface area contributed by atoms with Gasteiger partial charge in [-0.2, -0.15) is 5.10 Å². The highest BCUT2D eigenvalue weighted by molar-refractivity contribution is 5.39. The molecule has 27 heavy (non-hydrogen) atoms. The number of aliphatic hydroxyl groups is 1. The molecule has 3 aromatic carbocycles. The molecule has 4 rings (SSSR count). The fourth-order valence-corrected chi connectivity index (χ4v) is 3.13. The van der Waals surface area contributed by atoms with Crippen molar-refractivity contribution in [3.8, 4) is 5.69 Å². The summed E-state index contributed by atoms with van der Waals surface area (Å²) in [7, 11) is 0. The number of hydrogen-bond donors (Lipinski definition) is 2. The molecule has 0 radical (unpaired) electrons. The molecule has 0 bridgehead atoms. The number of nitrogens with zero attached hydrogens (tertiary/aromatic N) is 2. The molecule has 134 valence electrons. The molecule has 5 nitrogen and oxygen atoms in total. The SMILES string of the molecule is O=c1[nH]nc(Cc2ccccc2)n1-c1ccc(C(O)c2ccccc2)cc1. The Morgan fingerprint density at radius 3 is 2.11 bits per heavy atom. The molecule has 0 aliphatic carbocycles. The highest BCUT2D eigenvalue weighted by Crippen LogP contribution is 2.23. The van der Waals surface area contributed by atoms with Crippen LogP contribution in [0.5, 0.6) is 0 Å². The Bertz CT molecular complexity index is 1070. The van der Waals surface area contributed by atoms with Gasteiger partial charge in [0.25, 0.3) is 0 Å². The van der Waals surface area contributed by atoms with E-state index in [2.05, 4.69) is 10.2 Å². The van der Waals surface area contributed by atoms with Crippen molar-refractivity contribution in [2.75, 3.05) is 0 Å². The maximum Gasteiger partial charge on any atom is 0.347 e. The summed E-state index contributed by atoms with van der Waals surface area (Å²) in [5.41, 5.74) is 3.11. The van der Waals surface area contributed by atoms with Gasteiger partial charge in [-0.25, -0.2) is 14.5 Å². The second-order valence-electron chi connectivity index (χ2n) is 6.35. The average molecular weight is 357 g/mol. The number of hydrogen-bond acceptors (Lipinski definition) is 3. The van der Waals surface area contributed by atoms with Gasteiger partial charge in [-0.1, -0.05) is 72.8 Å². The number of aromatic amines is 1. The second kappa shape index (κ2) is 7.43. The first-order chi connectivity index (χ1) is 13.2. The molecule has 0 fully saturated rings. The van der Waals surface area contributed by atoms with Gasteiger partial charge in [-0.15, -0.1) is 0 Å². The van der Waals surface area contributed by atoms with Gasteiger partial charge in [0, 0.05) is 6.42 Å². The number of nitrogens with one attached hydrogen (secondary N) is 1. The first-order valence-corrected chi connectivity index (χ1v) is 8.76. The first-order valence-electron chi connectivity index (χ1n) is 8.76. The molecule has 0 spiro atoms. The van der Waals surface area contributed by atoms with Gasteiger partial charge in [-0.05, 0) is 28.8 Å². The smallest absolute Gasteiger partial charge is 0.347 e. The lowest BCUT2D eigenvalue weighted by atomic mass is 10.0. The zero-order valence-corrected chi connectivity index (χ0v) is 14.6. The molecule has 0 aliphatic rings. The third-order valence-electron chi connectivity index (χ3n) is 4.53. The third-order valence-corrected chi connectivity index (χ3v) is 4.53. The molecular formula is C22H19N3O2. The Labute approximate surface area is 156 Å². The van der Waals surface area contributed by atoms with E-state index in [1.807, 2.05) is 84.9 Å². The van der Waals surface area contributed by atoms with E-state index in [-0.39, 0.29) is 5.69 Å². The van der Waals surface area contributed by atoms with Crippen LogP contribution in [0.25, 0.3) is 5.69 Å². The van der Waals surface area contributed by atoms with Crippen molar-refractivity contribution in [1.82, 2.24) is 14.8 Å². The highest BCUT2D eigenvalue weighted by Gasteiger charge is 2.13. The van der Waals surface area contributed by atoms with E-state index < -0.39 is 6.10 Å². The van der Waals surface area contributed by atoms with Gasteiger partial charge in [0.2, 0.25) is 0 Å². The lowest BCUT2D eigenvalue weighted by Crippen LogP contribution is -2.17. The molecule has 0 amide bonds. The summed E-state index contributed by atoms with van der Waals surface area (Å²) in [5, 5.41) is 17.2. The topological polar surface area (TPSA) is 70.9 Å². The summed E-state index contributed by atoms with van der Waals surface area (Å²) in [6, 6.07) is 26.7. The van der Waals surface area contributed by atoms with Crippen LogP contribution in [0.4, 0.5) is 0 Å². The molecule has 5 heteroatoms. The van der Waals surface area contributed by atoms with Crippen molar-refractivity contribution >= 4 is 0 Å². The van der Waals surface area contributed by atoms with Gasteiger partial charge in [0.1, 0.15) is 11.9 Å². The van der Waals surface area contributed by atoms with Gasteiger partial charge < -0.3 is 5.11 Å². The Hall–Kier alpha value is -3.44. The summed E-state index contributed by atoms with van der Waals surface area (Å²) in [5.74, 6) is 0.641. The van der Waals surface area contributed by atoms with Crippen LogP contribution in [0.2, 0.25) is 0 Å². The fourth-order valence-electron chi connectivity index (χ4n) is 3.13. The predicted octanol–water partition coefficient (Wildman–Crippen LogP) is 3.23. The average Bonchev–Trinajstić information content (AvgIpc) is 3.09. The molecule has 1 unspecified atom stereocenters. The van der Waals surface area contributed by atoms with Crippen LogP contribution in [0, 0.1) is 0 Å². The van der Waals surface area contributed by atoms with Gasteiger partial charge >= 0.3 is 5.69 Å². The summed E-state index contributed by atoms with van der Waals surface area (Å²) in [6.07, 6.45) is -0.154. The van der Waals surface area contributed by atoms with E-state index >= 15 is 0 Å². The molecule has 1 atom stereocenters. The van der Waals surface area contributed by atoms with Crippen LogP contribution in [-0.4, -0.2) is 19.9 Å². The van der Waals surface area contributed by atoms with E-state index in [0.717, 1.165) is 16.7 Å². The summed E-state index contributed by atoms with van der Waals surface area (Å²) in [4.78, 5) is 12.3. The lowest BCUT2D eigenvalue weighted by Gasteiger charge is -2.12. The van der Waals surface area contributed by atoms with Crippen molar-refractivity contribution in [2.24, 2.45) is 0 Å². The molecule has 1 aromatic heterocycles. The molecule has 0 aliphatic heterocycles. The number of H-pyrrole nitrogens is 1. The zero-order chi connectivity index (χ0) is 18.6. The van der Waals surface area contributed by atoms with E-state index in [4.69, 9.17) is 0 Å². The molecular weight excluding hydrogens is 338 g/mol. The first kappa shape index (κ1) is 17.0. The molecule has 4 aromatic rings. The van der Waals surface area contributed by atoms with Crippen molar-refractivity contribution in [2.45, 2.75) is 12.5 Å². The normalized spacial score (nSPS) is 12.0. The van der Waals surface area contributed by atoms with Gasteiger partial charge in [0.15, 0.2) is 0 Å². The Kier molecular flexibility index (Phi) is 4.68. The van der Waals surface area contributed by atoms with E-state index in [1.165, 1.54) is 0 Å². The Balaban J connectivity index is 1.63. The monoisotopic (exact) mass is 357 g/mol. The predicted molar refractivity (Wildman–Crippen MR) is 104 cm³/mol. The number of benzene rings is 3. The van der Waals surface area contributed by atoms with E-state index in [9.17, 15) is 9.90 Å². The Morgan fingerprint density at radius 2 is 1.44 bits per heavy atom. The minimum absolute atomic E-state index is 0.280. The Morgan fingerprint density at radius 1 is 0.852 bits per heavy atom. The van der Waals surface area contributed by atoms with Crippen molar-refractivity contribution in [3.63, 3.8) is 0 Å². The lowest BCUT2D eigenvalue weighted by molar-refractivity contribution is 0.220. The minimum Gasteiger partial charge on any atom is -0.384 e. The van der Waals surface area contributed by atoms with Crippen molar-refractivity contribution in [1.29, 1.82) is 0 Å². The van der Waals surface area contributed by atoms with Crippen LogP contribution >= 0.6 is 0 Å². The van der Waals surface area contributed by atoms with E-state index in [1.54, 1.807) is 4.57 Å². The van der Waals surface area contributed by atoms with Crippen LogP contribution in [0.15, 0.2) is 89.7 Å². The van der Waals surface area contributed by atoms with Crippen molar-refractivity contribution < 1.29 is 5.11 Å². The molecule has 1 heterocycles. The quantitative estimate of drug-likeness (QED) is 0.576. The summed E-state index contributed by atoms with van der Waals surface area (Å²) in [6.45, 7) is 0. The third kappa shape index (κ3) is 3.59. The van der Waals surface area contributed by atoms with Crippen LogP contribution in [-0.2, 0) is 6.42 Å². The minimum atomic E-state index is -0.704. The van der Waals surface area contributed by atoms with Crippen LogP contribution in [0.3, 0.4) is 0 Å². The summed E-state index contributed by atoms with van der Waals surface area (Å²) < 4.78 is 1.56. The molecule has 2 N–H and O–H groups in total. The van der Waals surface area contributed by atoms with Crippen LogP contribution < -0.4 is 5.69 Å². The zero-order valence-electron chi connectivity index (χ0n) is 14.6. The highest BCUT2D eigenvalue weighted by atomic mass is 16.3. The second-order valence-corrected chi connectivity index (χ2v) is 6.35. The maximum atomic E-state index is 12.3. The number of rotatable bonds is 5. The standard InChI is InChI=1S/C22H19N3O2/c26-21(17-9-5-2-6-10-17)18-11-13-19(14-12-18)25-20(23-24-22(25)27)15-16-7-3-1-4-8-16/h1-14,21,26H,15H2,(H,24,27). The summed E-state index contributed by atoms with van der Waals surface area (Å²) >= 11 is 0. The largest absolute Gasteiger partial charge is 0.384 e. The van der Waals surface area contributed by atoms with Crippen LogP contribution in [0.1, 0.15) is 28.6 Å². The van der Waals surface area contributed by atoms with Gasteiger partial charge in [-0.3, -0.25) is 0 Å². The maximum absolute atomic E-state index is 12.3. The number of aromatic nitrogens is 3. The molecule has 0 saturated carbocycles. The van der Waals surface area contributed by atoms with Crippen molar-refractivity contribution in [3.05, 3.63) is 118 Å². The number of aliphatic hydroxyl groups excluding tert-OH is 1. The molecule has 0 saturated heterocycles. The fraction of sp³-hybridized carbons (Fsp3) is 0.0909. The van der Waals surface area contributed by atoms with E-state index in [0.29, 0.717) is 17.9 Å².